The monoisotopic (exact) mass is 371 g/mol. The summed E-state index contributed by atoms with van der Waals surface area (Å²) in [6.45, 7) is 3.80. The number of amides is 1. The molecule has 0 aliphatic rings. The van der Waals surface area contributed by atoms with Crippen LogP contribution in [0.2, 0.25) is 0 Å². The third kappa shape index (κ3) is 3.27. The molecule has 4 rings (SSSR count). The van der Waals surface area contributed by atoms with Gasteiger partial charge in [0.25, 0.3) is 5.56 Å². The first-order valence-corrected chi connectivity index (χ1v) is 9.26. The number of hydrogen-bond acceptors (Lipinski definition) is 3. The summed E-state index contributed by atoms with van der Waals surface area (Å²) in [5, 5.41) is 5.76. The average molecular weight is 371 g/mol. The number of fused-ring (bicyclic) bond motifs is 2. The SMILES string of the molecule is Cc1cccc2c(=O)n(CC(=O)NC(C)c3cccc4ccccc34)cnc12. The lowest BCUT2D eigenvalue weighted by atomic mass is 10.00. The third-order valence-electron chi connectivity index (χ3n) is 5.04. The second kappa shape index (κ2) is 7.27. The van der Waals surface area contributed by atoms with E-state index in [2.05, 4.69) is 22.4 Å². The molecule has 5 heteroatoms. The lowest BCUT2D eigenvalue weighted by molar-refractivity contribution is -0.122. The van der Waals surface area contributed by atoms with Gasteiger partial charge in [-0.3, -0.25) is 14.2 Å². The minimum absolute atomic E-state index is 0.0647. The first-order chi connectivity index (χ1) is 13.5. The van der Waals surface area contributed by atoms with Gasteiger partial charge in [0.15, 0.2) is 0 Å². The first-order valence-electron chi connectivity index (χ1n) is 9.26. The van der Waals surface area contributed by atoms with Gasteiger partial charge in [-0.05, 0) is 41.8 Å². The highest BCUT2D eigenvalue weighted by Crippen LogP contribution is 2.24. The molecule has 1 unspecified atom stereocenters. The van der Waals surface area contributed by atoms with E-state index in [1.54, 1.807) is 6.07 Å². The van der Waals surface area contributed by atoms with Crippen LogP contribution in [0.1, 0.15) is 24.1 Å². The van der Waals surface area contributed by atoms with Gasteiger partial charge in [-0.2, -0.15) is 0 Å². The fourth-order valence-electron chi connectivity index (χ4n) is 3.60. The van der Waals surface area contributed by atoms with E-state index in [-0.39, 0.29) is 24.1 Å². The molecule has 1 atom stereocenters. The van der Waals surface area contributed by atoms with Gasteiger partial charge in [0.2, 0.25) is 5.91 Å². The van der Waals surface area contributed by atoms with Crippen LogP contribution in [0.25, 0.3) is 21.7 Å². The zero-order valence-electron chi connectivity index (χ0n) is 15.8. The smallest absolute Gasteiger partial charge is 0.261 e. The summed E-state index contributed by atoms with van der Waals surface area (Å²) in [5.41, 5.74) is 2.46. The summed E-state index contributed by atoms with van der Waals surface area (Å²) in [5.74, 6) is -0.226. The molecule has 1 aromatic heterocycles. The van der Waals surface area contributed by atoms with Crippen molar-refractivity contribution in [2.24, 2.45) is 0 Å². The Bertz CT molecular complexity index is 1240. The Balaban J connectivity index is 1.57. The zero-order valence-corrected chi connectivity index (χ0v) is 15.8. The number of carbonyl (C=O) groups is 1. The topological polar surface area (TPSA) is 64.0 Å². The molecule has 5 nitrogen and oxygen atoms in total. The molecule has 0 bridgehead atoms. The van der Waals surface area contributed by atoms with Crippen molar-refractivity contribution in [1.82, 2.24) is 14.9 Å². The Hall–Kier alpha value is -3.47. The van der Waals surface area contributed by atoms with Crippen molar-refractivity contribution in [1.29, 1.82) is 0 Å². The number of para-hydroxylation sites is 1. The van der Waals surface area contributed by atoms with Crippen LogP contribution in [0.3, 0.4) is 0 Å². The number of hydrogen-bond donors (Lipinski definition) is 1. The molecule has 0 fully saturated rings. The Morgan fingerprint density at radius 2 is 1.75 bits per heavy atom. The number of nitrogens with zero attached hydrogens (tertiary/aromatic N) is 2. The number of aromatic nitrogens is 2. The van der Waals surface area contributed by atoms with Crippen molar-refractivity contribution in [3.63, 3.8) is 0 Å². The van der Waals surface area contributed by atoms with Crippen LogP contribution in [-0.4, -0.2) is 15.5 Å². The average Bonchev–Trinajstić information content (AvgIpc) is 2.70. The van der Waals surface area contributed by atoms with Crippen LogP contribution in [-0.2, 0) is 11.3 Å². The van der Waals surface area contributed by atoms with Gasteiger partial charge in [0.05, 0.1) is 23.3 Å². The van der Waals surface area contributed by atoms with Crippen LogP contribution >= 0.6 is 0 Å². The molecule has 0 aliphatic carbocycles. The van der Waals surface area contributed by atoms with Gasteiger partial charge >= 0.3 is 0 Å². The predicted octanol–water partition coefficient (Wildman–Crippen LogP) is 3.74. The number of aryl methyl sites for hydroxylation is 1. The lowest BCUT2D eigenvalue weighted by Gasteiger charge is -2.17. The molecule has 0 saturated heterocycles. The highest BCUT2D eigenvalue weighted by molar-refractivity contribution is 5.87. The third-order valence-corrected chi connectivity index (χ3v) is 5.04. The van der Waals surface area contributed by atoms with Crippen molar-refractivity contribution < 1.29 is 4.79 Å². The Morgan fingerprint density at radius 1 is 1.04 bits per heavy atom. The molecule has 4 aromatic rings. The van der Waals surface area contributed by atoms with Crippen molar-refractivity contribution in [3.05, 3.63) is 88.5 Å². The molecular formula is C23H21N3O2. The van der Waals surface area contributed by atoms with Crippen LogP contribution in [0, 0.1) is 6.92 Å². The summed E-state index contributed by atoms with van der Waals surface area (Å²) in [4.78, 5) is 29.6. The highest BCUT2D eigenvalue weighted by atomic mass is 16.2. The molecule has 140 valence electrons. The fraction of sp³-hybridized carbons (Fsp3) is 0.174. The van der Waals surface area contributed by atoms with Gasteiger partial charge in [0, 0.05) is 0 Å². The molecule has 28 heavy (non-hydrogen) atoms. The number of rotatable bonds is 4. The van der Waals surface area contributed by atoms with Gasteiger partial charge in [-0.1, -0.05) is 54.6 Å². The normalized spacial score (nSPS) is 12.2. The minimum Gasteiger partial charge on any atom is -0.348 e. The summed E-state index contributed by atoms with van der Waals surface area (Å²) in [6.07, 6.45) is 1.44. The summed E-state index contributed by atoms with van der Waals surface area (Å²) >= 11 is 0. The zero-order chi connectivity index (χ0) is 19.7. The Kier molecular flexibility index (Phi) is 4.65. The van der Waals surface area contributed by atoms with E-state index in [4.69, 9.17) is 0 Å². The van der Waals surface area contributed by atoms with Gasteiger partial charge in [-0.25, -0.2) is 4.98 Å². The maximum Gasteiger partial charge on any atom is 0.261 e. The largest absolute Gasteiger partial charge is 0.348 e. The summed E-state index contributed by atoms with van der Waals surface area (Å²) in [7, 11) is 0. The lowest BCUT2D eigenvalue weighted by Crippen LogP contribution is -2.34. The van der Waals surface area contributed by atoms with E-state index in [0.717, 1.165) is 21.9 Å². The second-order valence-electron chi connectivity index (χ2n) is 7.01. The molecule has 1 N–H and O–H groups in total. The predicted molar refractivity (Wildman–Crippen MR) is 111 cm³/mol. The number of benzene rings is 3. The quantitative estimate of drug-likeness (QED) is 0.594. The van der Waals surface area contributed by atoms with E-state index < -0.39 is 0 Å². The maximum absolute atomic E-state index is 12.7. The summed E-state index contributed by atoms with van der Waals surface area (Å²) < 4.78 is 1.35. The first kappa shape index (κ1) is 17.9. The van der Waals surface area contributed by atoms with Crippen LogP contribution < -0.4 is 10.9 Å². The standard InChI is InChI=1S/C23H21N3O2/c1-15-7-5-12-20-22(15)24-14-26(23(20)28)13-21(27)25-16(2)18-11-6-9-17-8-3-4-10-19(17)18/h3-12,14,16H,13H2,1-2H3,(H,25,27). The Morgan fingerprint density at radius 3 is 2.61 bits per heavy atom. The van der Waals surface area contributed by atoms with Crippen molar-refractivity contribution in [3.8, 4) is 0 Å². The van der Waals surface area contributed by atoms with Gasteiger partial charge in [-0.15, -0.1) is 0 Å². The number of nitrogens with one attached hydrogen (secondary N) is 1. The fourth-order valence-corrected chi connectivity index (χ4v) is 3.60. The van der Waals surface area contributed by atoms with Crippen LogP contribution in [0.4, 0.5) is 0 Å². The van der Waals surface area contributed by atoms with Crippen LogP contribution in [0.5, 0.6) is 0 Å². The molecular weight excluding hydrogens is 350 g/mol. The van der Waals surface area contributed by atoms with Crippen molar-refractivity contribution in [2.45, 2.75) is 26.4 Å². The van der Waals surface area contributed by atoms with Gasteiger partial charge < -0.3 is 5.32 Å². The molecule has 0 saturated carbocycles. The van der Waals surface area contributed by atoms with Crippen molar-refractivity contribution >= 4 is 27.6 Å². The van der Waals surface area contributed by atoms with E-state index in [1.807, 2.05) is 56.3 Å². The molecule has 3 aromatic carbocycles. The minimum atomic E-state index is -0.226. The van der Waals surface area contributed by atoms with Crippen molar-refractivity contribution in [2.75, 3.05) is 0 Å². The maximum atomic E-state index is 12.7. The molecule has 1 amide bonds. The Labute approximate surface area is 162 Å². The van der Waals surface area contributed by atoms with Crippen LogP contribution in [0.15, 0.2) is 71.8 Å². The van der Waals surface area contributed by atoms with E-state index in [0.29, 0.717) is 10.9 Å². The molecule has 0 aliphatic heterocycles. The molecule has 0 spiro atoms. The van der Waals surface area contributed by atoms with Gasteiger partial charge in [0.1, 0.15) is 6.54 Å². The van der Waals surface area contributed by atoms with E-state index in [9.17, 15) is 9.59 Å². The number of carbonyl (C=O) groups excluding carboxylic acids is 1. The summed E-state index contributed by atoms with van der Waals surface area (Å²) in [6, 6.07) is 19.4. The highest BCUT2D eigenvalue weighted by Gasteiger charge is 2.14. The second-order valence-corrected chi connectivity index (χ2v) is 7.01. The van der Waals surface area contributed by atoms with E-state index >= 15 is 0 Å². The van der Waals surface area contributed by atoms with E-state index in [1.165, 1.54) is 10.9 Å². The molecule has 0 radical (unpaired) electrons. The molecule has 1 heterocycles.